The lowest BCUT2D eigenvalue weighted by atomic mass is 10.0. The number of rotatable bonds is 4. The van der Waals surface area contributed by atoms with Gasteiger partial charge in [-0.3, -0.25) is 0 Å². The van der Waals surface area contributed by atoms with Gasteiger partial charge in [-0.25, -0.2) is 4.98 Å². The number of hydrogen-bond donors (Lipinski definition) is 2. The van der Waals surface area contributed by atoms with Crippen LogP contribution in [0, 0.1) is 12.3 Å². The van der Waals surface area contributed by atoms with Gasteiger partial charge in [0.25, 0.3) is 0 Å². The molecule has 1 aliphatic carbocycles. The van der Waals surface area contributed by atoms with Crippen LogP contribution in [0.2, 0.25) is 0 Å². The van der Waals surface area contributed by atoms with Gasteiger partial charge < -0.3 is 11.1 Å². The van der Waals surface area contributed by atoms with Gasteiger partial charge in [0, 0.05) is 18.3 Å². The van der Waals surface area contributed by atoms with Crippen molar-refractivity contribution in [3.8, 4) is 0 Å². The molecule has 82 valence electrons. The van der Waals surface area contributed by atoms with E-state index in [1.54, 1.807) is 6.20 Å². The average Bonchev–Trinajstić information content (AvgIpc) is 3.00. The molecule has 0 aromatic carbocycles. The van der Waals surface area contributed by atoms with Crippen molar-refractivity contribution < 1.29 is 0 Å². The molecule has 4 nitrogen and oxygen atoms in total. The summed E-state index contributed by atoms with van der Waals surface area (Å²) in [5.41, 5.74) is 7.12. The topological polar surface area (TPSA) is 63.8 Å². The van der Waals surface area contributed by atoms with Gasteiger partial charge >= 0.3 is 0 Å². The summed E-state index contributed by atoms with van der Waals surface area (Å²) in [6, 6.07) is 0. The van der Waals surface area contributed by atoms with Crippen LogP contribution in [0.15, 0.2) is 6.20 Å². The van der Waals surface area contributed by atoms with Gasteiger partial charge in [-0.05, 0) is 31.6 Å². The summed E-state index contributed by atoms with van der Waals surface area (Å²) >= 11 is 0. The molecule has 0 spiro atoms. The molecule has 2 rings (SSSR count). The molecule has 1 aliphatic rings. The third-order valence-corrected chi connectivity index (χ3v) is 3.33. The van der Waals surface area contributed by atoms with E-state index in [9.17, 15) is 0 Å². The molecule has 0 saturated heterocycles. The van der Waals surface area contributed by atoms with E-state index in [0.717, 1.165) is 17.9 Å². The van der Waals surface area contributed by atoms with Gasteiger partial charge in [0.05, 0.1) is 0 Å². The second kappa shape index (κ2) is 3.68. The van der Waals surface area contributed by atoms with Crippen molar-refractivity contribution in [3.05, 3.63) is 11.8 Å². The monoisotopic (exact) mass is 206 g/mol. The van der Waals surface area contributed by atoms with Gasteiger partial charge in [-0.1, -0.05) is 6.92 Å². The van der Waals surface area contributed by atoms with Crippen LogP contribution >= 0.6 is 0 Å². The highest BCUT2D eigenvalue weighted by molar-refractivity contribution is 5.45. The van der Waals surface area contributed by atoms with Crippen molar-refractivity contribution in [1.29, 1.82) is 0 Å². The molecule has 0 radical (unpaired) electrons. The molecule has 0 atom stereocenters. The highest BCUT2D eigenvalue weighted by atomic mass is 15.1. The van der Waals surface area contributed by atoms with Crippen LogP contribution in [0.4, 0.5) is 11.8 Å². The Morgan fingerprint density at radius 2 is 2.27 bits per heavy atom. The van der Waals surface area contributed by atoms with E-state index in [1.165, 1.54) is 19.3 Å². The maximum atomic E-state index is 5.55. The Morgan fingerprint density at radius 3 is 2.87 bits per heavy atom. The van der Waals surface area contributed by atoms with Crippen molar-refractivity contribution in [3.63, 3.8) is 0 Å². The smallest absolute Gasteiger partial charge is 0.221 e. The van der Waals surface area contributed by atoms with Crippen molar-refractivity contribution in [1.82, 2.24) is 9.97 Å². The lowest BCUT2D eigenvalue weighted by molar-refractivity contribution is 0.520. The van der Waals surface area contributed by atoms with Gasteiger partial charge in [-0.2, -0.15) is 4.98 Å². The predicted octanol–water partition coefficient (Wildman–Crippen LogP) is 1.97. The molecule has 3 N–H and O–H groups in total. The average molecular weight is 206 g/mol. The molecule has 15 heavy (non-hydrogen) atoms. The highest BCUT2D eigenvalue weighted by Crippen LogP contribution is 2.48. The molecule has 0 aliphatic heterocycles. The molecule has 1 fully saturated rings. The summed E-state index contributed by atoms with van der Waals surface area (Å²) in [5, 5.41) is 3.38. The fourth-order valence-corrected chi connectivity index (χ4v) is 1.74. The van der Waals surface area contributed by atoms with Crippen LogP contribution in [-0.2, 0) is 0 Å². The van der Waals surface area contributed by atoms with E-state index >= 15 is 0 Å². The SMILES string of the molecule is CCC1(CNc2nc(N)ncc2C)CC1. The predicted molar refractivity (Wildman–Crippen MR) is 61.6 cm³/mol. The van der Waals surface area contributed by atoms with Crippen LogP contribution < -0.4 is 11.1 Å². The van der Waals surface area contributed by atoms with E-state index < -0.39 is 0 Å². The highest BCUT2D eigenvalue weighted by Gasteiger charge is 2.40. The van der Waals surface area contributed by atoms with E-state index in [2.05, 4.69) is 22.2 Å². The zero-order valence-electron chi connectivity index (χ0n) is 9.38. The molecule has 1 aromatic rings. The number of nitrogens with one attached hydrogen (secondary N) is 1. The minimum absolute atomic E-state index is 0.337. The second-order valence-corrected chi connectivity index (χ2v) is 4.47. The van der Waals surface area contributed by atoms with E-state index in [0.29, 0.717) is 11.4 Å². The zero-order chi connectivity index (χ0) is 10.9. The lowest BCUT2D eigenvalue weighted by Crippen LogP contribution is -2.16. The van der Waals surface area contributed by atoms with Crippen LogP contribution in [0.25, 0.3) is 0 Å². The molecule has 1 heterocycles. The maximum Gasteiger partial charge on any atom is 0.221 e. The maximum absolute atomic E-state index is 5.55. The number of hydrogen-bond acceptors (Lipinski definition) is 4. The minimum Gasteiger partial charge on any atom is -0.369 e. The van der Waals surface area contributed by atoms with Crippen molar-refractivity contribution in [2.45, 2.75) is 33.1 Å². The Bertz CT molecular complexity index is 358. The fourth-order valence-electron chi connectivity index (χ4n) is 1.74. The summed E-state index contributed by atoms with van der Waals surface area (Å²) in [7, 11) is 0. The Kier molecular flexibility index (Phi) is 2.50. The number of aryl methyl sites for hydroxylation is 1. The van der Waals surface area contributed by atoms with E-state index in [-0.39, 0.29) is 0 Å². The van der Waals surface area contributed by atoms with E-state index in [4.69, 9.17) is 5.73 Å². The van der Waals surface area contributed by atoms with Crippen molar-refractivity contribution in [2.75, 3.05) is 17.6 Å². The summed E-state index contributed by atoms with van der Waals surface area (Å²) in [6.07, 6.45) is 5.65. The quantitative estimate of drug-likeness (QED) is 0.790. The lowest BCUT2D eigenvalue weighted by Gasteiger charge is -2.15. The van der Waals surface area contributed by atoms with Crippen molar-refractivity contribution in [2.24, 2.45) is 5.41 Å². The molecule has 0 bridgehead atoms. The summed E-state index contributed by atoms with van der Waals surface area (Å²) in [6.45, 7) is 5.24. The van der Waals surface area contributed by atoms with E-state index in [1.807, 2.05) is 6.92 Å². The van der Waals surface area contributed by atoms with Crippen LogP contribution in [0.3, 0.4) is 0 Å². The van der Waals surface area contributed by atoms with Gasteiger partial charge in [0.15, 0.2) is 0 Å². The van der Waals surface area contributed by atoms with Gasteiger partial charge in [0.1, 0.15) is 5.82 Å². The first-order valence-corrected chi connectivity index (χ1v) is 5.48. The standard InChI is InChI=1S/C11H18N4/c1-3-11(4-5-11)7-14-9-8(2)6-13-10(12)15-9/h6H,3-5,7H2,1-2H3,(H3,12,13,14,15). The summed E-state index contributed by atoms with van der Waals surface area (Å²) < 4.78 is 0. The number of nitrogens with two attached hydrogens (primary N) is 1. The fraction of sp³-hybridized carbons (Fsp3) is 0.636. The van der Waals surface area contributed by atoms with Crippen molar-refractivity contribution >= 4 is 11.8 Å². The molecule has 0 amide bonds. The first-order chi connectivity index (χ1) is 7.15. The van der Waals surface area contributed by atoms with Gasteiger partial charge in [-0.15, -0.1) is 0 Å². The Balaban J connectivity index is 2.01. The number of aromatic nitrogens is 2. The molecule has 0 unspecified atom stereocenters. The first kappa shape index (κ1) is 10.2. The Labute approximate surface area is 90.3 Å². The molecule has 4 heteroatoms. The second-order valence-electron chi connectivity index (χ2n) is 4.47. The Hall–Kier alpha value is -1.32. The Morgan fingerprint density at radius 1 is 1.53 bits per heavy atom. The number of anilines is 2. The van der Waals surface area contributed by atoms with Gasteiger partial charge in [0.2, 0.25) is 5.95 Å². The molecule has 1 saturated carbocycles. The summed E-state index contributed by atoms with van der Waals surface area (Å²) in [5.74, 6) is 1.21. The molecular formula is C11H18N4. The largest absolute Gasteiger partial charge is 0.369 e. The first-order valence-electron chi connectivity index (χ1n) is 5.48. The molecular weight excluding hydrogens is 188 g/mol. The molecule has 1 aromatic heterocycles. The third-order valence-electron chi connectivity index (χ3n) is 3.33. The third kappa shape index (κ3) is 2.19. The number of nitrogens with zero attached hydrogens (tertiary/aromatic N) is 2. The zero-order valence-corrected chi connectivity index (χ0v) is 9.38. The summed E-state index contributed by atoms with van der Waals surface area (Å²) in [4.78, 5) is 8.14. The van der Waals surface area contributed by atoms with Crippen LogP contribution in [-0.4, -0.2) is 16.5 Å². The minimum atomic E-state index is 0.337. The number of nitrogen functional groups attached to an aromatic ring is 1. The van der Waals surface area contributed by atoms with Crippen LogP contribution in [0.5, 0.6) is 0 Å². The normalized spacial score (nSPS) is 17.5. The van der Waals surface area contributed by atoms with Crippen LogP contribution in [0.1, 0.15) is 31.7 Å².